The summed E-state index contributed by atoms with van der Waals surface area (Å²) >= 11 is 0. The molecular weight excluding hydrogens is 410 g/mol. The first kappa shape index (κ1) is 21.3. The number of sulfonamides is 1. The summed E-state index contributed by atoms with van der Waals surface area (Å²) in [5.41, 5.74) is 2.62. The summed E-state index contributed by atoms with van der Waals surface area (Å²) in [6.45, 7) is 2.58. The molecule has 1 atom stereocenters. The summed E-state index contributed by atoms with van der Waals surface area (Å²) < 4.78 is 30.6. The molecule has 162 valence electrons. The van der Waals surface area contributed by atoms with Gasteiger partial charge in [0.05, 0.1) is 5.69 Å². The smallest absolute Gasteiger partial charge is 0.285 e. The Hall–Kier alpha value is -2.93. The summed E-state index contributed by atoms with van der Waals surface area (Å²) in [6.07, 6.45) is 4.10. The maximum absolute atomic E-state index is 13.2. The molecule has 3 aromatic rings. The van der Waals surface area contributed by atoms with E-state index in [4.69, 9.17) is 0 Å². The van der Waals surface area contributed by atoms with Gasteiger partial charge in [0.1, 0.15) is 11.1 Å². The van der Waals surface area contributed by atoms with E-state index in [1.807, 2.05) is 36.4 Å². The summed E-state index contributed by atoms with van der Waals surface area (Å²) in [6, 6.07) is 18.7. The lowest BCUT2D eigenvalue weighted by Gasteiger charge is -2.17. The van der Waals surface area contributed by atoms with Crippen LogP contribution in [0.4, 0.5) is 0 Å². The van der Waals surface area contributed by atoms with Crippen LogP contribution in [0.3, 0.4) is 0 Å². The number of hydrogen-bond acceptors (Lipinski definition) is 4. The lowest BCUT2D eigenvalue weighted by atomic mass is 10.1. The fourth-order valence-electron chi connectivity index (χ4n) is 4.26. The molecule has 4 rings (SSSR count). The molecule has 0 saturated carbocycles. The highest BCUT2D eigenvalue weighted by Crippen LogP contribution is 2.29. The maximum atomic E-state index is 13.2. The first-order valence-electron chi connectivity index (χ1n) is 10.8. The number of benzene rings is 2. The fraction of sp³-hybridized carbons (Fsp3) is 0.333. The van der Waals surface area contributed by atoms with E-state index in [0.29, 0.717) is 18.4 Å². The van der Waals surface area contributed by atoms with Crippen molar-refractivity contribution in [2.75, 3.05) is 0 Å². The average Bonchev–Trinajstić information content (AvgIpc) is 2.96. The molecule has 1 N–H and O–H groups in total. The second-order valence-corrected chi connectivity index (χ2v) is 9.71. The monoisotopic (exact) mass is 437 g/mol. The lowest BCUT2D eigenvalue weighted by Crippen LogP contribution is -2.35. The molecule has 31 heavy (non-hydrogen) atoms. The predicted molar refractivity (Wildman–Crippen MR) is 121 cm³/mol. The highest BCUT2D eigenvalue weighted by Gasteiger charge is 2.31. The third-order valence-electron chi connectivity index (χ3n) is 5.77. The van der Waals surface area contributed by atoms with Gasteiger partial charge in [0.25, 0.3) is 5.91 Å². The molecule has 0 bridgehead atoms. The van der Waals surface area contributed by atoms with Gasteiger partial charge in [-0.15, -0.1) is 0 Å². The third-order valence-corrected chi connectivity index (χ3v) is 7.59. The van der Waals surface area contributed by atoms with Gasteiger partial charge in [0.2, 0.25) is 10.0 Å². The van der Waals surface area contributed by atoms with Gasteiger partial charge in [0, 0.05) is 12.1 Å². The molecule has 6 nitrogen and oxygen atoms in total. The second kappa shape index (κ2) is 9.06. The van der Waals surface area contributed by atoms with Crippen LogP contribution in [-0.2, 0) is 23.0 Å². The van der Waals surface area contributed by atoms with E-state index < -0.39 is 21.2 Å². The number of fused-ring (bicyclic) bond motifs is 1. The molecule has 0 radical (unpaired) electrons. The molecular formula is C24H27N3O3S. The van der Waals surface area contributed by atoms with Gasteiger partial charge in [0.15, 0.2) is 5.69 Å². The number of aromatic nitrogens is 2. The van der Waals surface area contributed by atoms with Crippen molar-refractivity contribution in [2.24, 2.45) is 0 Å². The Morgan fingerprint density at radius 3 is 2.39 bits per heavy atom. The minimum atomic E-state index is -3.91. The lowest BCUT2D eigenvalue weighted by molar-refractivity contribution is 0.0975. The van der Waals surface area contributed by atoms with E-state index in [0.717, 1.165) is 42.9 Å². The van der Waals surface area contributed by atoms with Crippen molar-refractivity contribution in [2.45, 2.75) is 50.8 Å². The maximum Gasteiger partial charge on any atom is 0.285 e. The first-order valence-corrected chi connectivity index (χ1v) is 12.3. The van der Waals surface area contributed by atoms with E-state index in [1.54, 1.807) is 31.2 Å². The molecule has 2 heterocycles. The number of carbonyl (C=O) groups is 1. The Morgan fingerprint density at radius 2 is 1.71 bits per heavy atom. The topological polar surface area (TPSA) is 81.1 Å². The SMILES string of the molecule is CCC(c1ccccc1)S(=O)(=O)NC(=O)c1nc(-c2ccccc2)n2c1CCCCC2. The van der Waals surface area contributed by atoms with E-state index in [-0.39, 0.29) is 5.69 Å². The number of amides is 1. The molecule has 0 saturated heterocycles. The van der Waals surface area contributed by atoms with Crippen molar-refractivity contribution in [3.8, 4) is 11.4 Å². The van der Waals surface area contributed by atoms with E-state index in [1.165, 1.54) is 0 Å². The van der Waals surface area contributed by atoms with Gasteiger partial charge in [-0.25, -0.2) is 18.1 Å². The number of imidazole rings is 1. The highest BCUT2D eigenvalue weighted by atomic mass is 32.2. The van der Waals surface area contributed by atoms with E-state index in [9.17, 15) is 13.2 Å². The Kier molecular flexibility index (Phi) is 6.23. The number of carbonyl (C=O) groups excluding carboxylic acids is 1. The van der Waals surface area contributed by atoms with Crippen LogP contribution in [0.1, 0.15) is 59.6 Å². The summed E-state index contributed by atoms with van der Waals surface area (Å²) in [7, 11) is -3.91. The fourth-order valence-corrected chi connectivity index (χ4v) is 5.71. The van der Waals surface area contributed by atoms with Gasteiger partial charge in [-0.3, -0.25) is 4.79 Å². The van der Waals surface area contributed by atoms with Crippen LogP contribution in [0, 0.1) is 0 Å². The third kappa shape index (κ3) is 4.42. The zero-order chi connectivity index (χ0) is 21.8. The van der Waals surface area contributed by atoms with Crippen LogP contribution in [0.2, 0.25) is 0 Å². The molecule has 1 aliphatic rings. The predicted octanol–water partition coefficient (Wildman–Crippen LogP) is 4.49. The molecule has 0 aliphatic carbocycles. The number of hydrogen-bond donors (Lipinski definition) is 1. The molecule has 1 aromatic heterocycles. The van der Waals surface area contributed by atoms with Crippen LogP contribution in [0.25, 0.3) is 11.4 Å². The van der Waals surface area contributed by atoms with Gasteiger partial charge < -0.3 is 4.57 Å². The molecule has 1 unspecified atom stereocenters. The van der Waals surface area contributed by atoms with Crippen LogP contribution in [0.5, 0.6) is 0 Å². The Labute approximate surface area is 183 Å². The van der Waals surface area contributed by atoms with Crippen molar-refractivity contribution in [3.05, 3.63) is 77.6 Å². The van der Waals surface area contributed by atoms with Gasteiger partial charge in [-0.2, -0.15) is 0 Å². The average molecular weight is 438 g/mol. The molecule has 1 amide bonds. The van der Waals surface area contributed by atoms with Crippen molar-refractivity contribution < 1.29 is 13.2 Å². The van der Waals surface area contributed by atoms with Crippen molar-refractivity contribution in [1.29, 1.82) is 0 Å². The first-order chi connectivity index (χ1) is 15.0. The molecule has 1 aliphatic heterocycles. The summed E-state index contributed by atoms with van der Waals surface area (Å²) in [4.78, 5) is 17.8. The molecule has 2 aromatic carbocycles. The summed E-state index contributed by atoms with van der Waals surface area (Å²) in [5, 5.41) is -0.799. The molecule has 0 fully saturated rings. The highest BCUT2D eigenvalue weighted by molar-refractivity contribution is 7.90. The van der Waals surface area contributed by atoms with Crippen molar-refractivity contribution >= 4 is 15.9 Å². The number of rotatable bonds is 6. The molecule has 7 heteroatoms. The minimum Gasteiger partial charge on any atom is -0.327 e. The molecule has 0 spiro atoms. The summed E-state index contributed by atoms with van der Waals surface area (Å²) in [5.74, 6) is 0.0670. The number of nitrogens with zero attached hydrogens (tertiary/aromatic N) is 2. The van der Waals surface area contributed by atoms with Crippen LogP contribution in [0.15, 0.2) is 60.7 Å². The van der Waals surface area contributed by atoms with Gasteiger partial charge in [-0.1, -0.05) is 74.0 Å². The standard InChI is InChI=1S/C24H27N3O3S/c1-2-21(18-12-6-3-7-13-18)31(29,30)26-24(28)22-20-16-10-5-11-17-27(20)23(25-22)19-14-8-4-9-15-19/h3-4,6-9,12-15,21H,2,5,10-11,16-17H2,1H3,(H,26,28). The zero-order valence-electron chi connectivity index (χ0n) is 17.6. The van der Waals surface area contributed by atoms with Gasteiger partial charge >= 0.3 is 0 Å². The quantitative estimate of drug-likeness (QED) is 0.616. The minimum absolute atomic E-state index is 0.215. The van der Waals surface area contributed by atoms with Gasteiger partial charge in [-0.05, 0) is 31.2 Å². The van der Waals surface area contributed by atoms with Crippen molar-refractivity contribution in [1.82, 2.24) is 14.3 Å². The normalized spacial score (nSPS) is 15.0. The van der Waals surface area contributed by atoms with E-state index >= 15 is 0 Å². The largest absolute Gasteiger partial charge is 0.327 e. The van der Waals surface area contributed by atoms with Crippen LogP contribution in [-0.4, -0.2) is 23.9 Å². The van der Waals surface area contributed by atoms with Crippen molar-refractivity contribution in [3.63, 3.8) is 0 Å². The Balaban J connectivity index is 1.69. The number of nitrogens with one attached hydrogen (secondary N) is 1. The van der Waals surface area contributed by atoms with Crippen LogP contribution >= 0.6 is 0 Å². The van der Waals surface area contributed by atoms with E-state index in [2.05, 4.69) is 14.3 Å². The Morgan fingerprint density at radius 1 is 1.03 bits per heavy atom. The zero-order valence-corrected chi connectivity index (χ0v) is 18.4. The van der Waals surface area contributed by atoms with Crippen LogP contribution < -0.4 is 4.72 Å². The Bertz CT molecular complexity index is 1160. The second-order valence-electron chi connectivity index (χ2n) is 7.84.